The van der Waals surface area contributed by atoms with E-state index in [-0.39, 0.29) is 11.7 Å². The number of benzene rings is 1. The van der Waals surface area contributed by atoms with Crippen LogP contribution in [0.25, 0.3) is 5.69 Å². The van der Waals surface area contributed by atoms with E-state index in [0.29, 0.717) is 24.3 Å². The molecule has 1 saturated heterocycles. The van der Waals surface area contributed by atoms with E-state index in [1.807, 2.05) is 0 Å². The summed E-state index contributed by atoms with van der Waals surface area (Å²) in [6.45, 7) is 0.428. The van der Waals surface area contributed by atoms with Gasteiger partial charge in [0.2, 0.25) is 0 Å². The largest absolute Gasteiger partial charge is 0.480 e. The molecule has 6 nitrogen and oxygen atoms in total. The Morgan fingerprint density at radius 1 is 1.15 bits per heavy atom. The van der Waals surface area contributed by atoms with Gasteiger partial charge in [-0.25, -0.2) is 13.9 Å². The quantitative estimate of drug-likeness (QED) is 0.900. The summed E-state index contributed by atoms with van der Waals surface area (Å²) in [6, 6.07) is 5.35. The van der Waals surface area contributed by atoms with Crippen LogP contribution in [0.15, 0.2) is 24.3 Å². The second-order valence-corrected chi connectivity index (χ2v) is 7.22. The molecule has 1 aliphatic heterocycles. The molecule has 1 unspecified atom stereocenters. The van der Waals surface area contributed by atoms with E-state index in [9.17, 15) is 19.1 Å². The summed E-state index contributed by atoms with van der Waals surface area (Å²) < 4.78 is 15.4. The van der Waals surface area contributed by atoms with Crippen molar-refractivity contribution in [2.24, 2.45) is 0 Å². The molecule has 0 spiro atoms. The van der Waals surface area contributed by atoms with Gasteiger partial charge in [-0.2, -0.15) is 5.10 Å². The Kier molecular flexibility index (Phi) is 4.68. The van der Waals surface area contributed by atoms with Crippen molar-refractivity contribution < 1.29 is 19.1 Å². The second-order valence-electron chi connectivity index (χ2n) is 7.22. The number of amides is 1. The van der Waals surface area contributed by atoms with Crippen molar-refractivity contribution in [3.63, 3.8) is 0 Å². The monoisotopic (exact) mass is 371 g/mol. The van der Waals surface area contributed by atoms with Crippen LogP contribution in [0.2, 0.25) is 0 Å². The summed E-state index contributed by atoms with van der Waals surface area (Å²) in [5.74, 6) is -1.65. The van der Waals surface area contributed by atoms with Crippen LogP contribution in [-0.2, 0) is 17.6 Å². The highest BCUT2D eigenvalue weighted by atomic mass is 19.1. The Morgan fingerprint density at radius 2 is 1.96 bits per heavy atom. The lowest BCUT2D eigenvalue weighted by Crippen LogP contribution is -2.48. The van der Waals surface area contributed by atoms with Gasteiger partial charge < -0.3 is 10.0 Å². The Hall–Kier alpha value is -2.70. The number of nitrogens with zero attached hydrogens (tertiary/aromatic N) is 3. The van der Waals surface area contributed by atoms with Gasteiger partial charge in [-0.05, 0) is 63.1 Å². The highest BCUT2D eigenvalue weighted by molar-refractivity contribution is 5.96. The van der Waals surface area contributed by atoms with Crippen molar-refractivity contribution in [1.82, 2.24) is 14.7 Å². The van der Waals surface area contributed by atoms with E-state index in [0.717, 1.165) is 49.8 Å². The molecule has 4 rings (SSSR count). The maximum absolute atomic E-state index is 13.7. The number of carbonyl (C=O) groups excluding carboxylic acids is 1. The Balaban J connectivity index is 1.76. The van der Waals surface area contributed by atoms with Crippen LogP contribution in [0.3, 0.4) is 0 Å². The number of carboxylic acids is 1. The van der Waals surface area contributed by atoms with E-state index in [4.69, 9.17) is 0 Å². The molecule has 1 fully saturated rings. The number of rotatable bonds is 3. The van der Waals surface area contributed by atoms with Gasteiger partial charge in [-0.1, -0.05) is 6.07 Å². The fourth-order valence-corrected chi connectivity index (χ4v) is 4.16. The van der Waals surface area contributed by atoms with Crippen molar-refractivity contribution in [2.75, 3.05) is 6.54 Å². The fraction of sp³-hybridized carbons (Fsp3) is 0.450. The zero-order valence-corrected chi connectivity index (χ0v) is 15.0. The first-order valence-corrected chi connectivity index (χ1v) is 9.47. The Morgan fingerprint density at radius 3 is 2.74 bits per heavy atom. The lowest BCUT2D eigenvalue weighted by Gasteiger charge is -2.32. The molecule has 27 heavy (non-hydrogen) atoms. The third-order valence-electron chi connectivity index (χ3n) is 5.48. The molecule has 2 aromatic rings. The first kappa shape index (κ1) is 17.7. The van der Waals surface area contributed by atoms with Gasteiger partial charge in [0, 0.05) is 17.8 Å². The summed E-state index contributed by atoms with van der Waals surface area (Å²) in [5, 5.41) is 14.0. The first-order chi connectivity index (χ1) is 13.1. The summed E-state index contributed by atoms with van der Waals surface area (Å²) in [4.78, 5) is 26.2. The average molecular weight is 371 g/mol. The van der Waals surface area contributed by atoms with Gasteiger partial charge in [0.1, 0.15) is 11.9 Å². The van der Waals surface area contributed by atoms with Crippen molar-refractivity contribution in [3.05, 3.63) is 47.0 Å². The molecular formula is C20H22FN3O3. The number of piperidine rings is 1. The third-order valence-corrected chi connectivity index (χ3v) is 5.48. The zero-order chi connectivity index (χ0) is 19.0. The number of carbonyl (C=O) groups is 2. The van der Waals surface area contributed by atoms with Crippen LogP contribution >= 0.6 is 0 Å². The van der Waals surface area contributed by atoms with Crippen LogP contribution in [-0.4, -0.2) is 44.3 Å². The molecular weight excluding hydrogens is 349 g/mol. The molecule has 142 valence electrons. The van der Waals surface area contributed by atoms with E-state index < -0.39 is 12.0 Å². The minimum atomic E-state index is -0.971. The molecule has 0 radical (unpaired) electrons. The average Bonchev–Trinajstić information content (AvgIpc) is 3.07. The van der Waals surface area contributed by atoms with Crippen molar-refractivity contribution >= 4 is 11.9 Å². The highest BCUT2D eigenvalue weighted by Crippen LogP contribution is 2.29. The third kappa shape index (κ3) is 3.22. The minimum absolute atomic E-state index is 0.321. The predicted molar refractivity (Wildman–Crippen MR) is 96.5 cm³/mol. The number of hydrogen-bond donors (Lipinski definition) is 1. The minimum Gasteiger partial charge on any atom is -0.480 e. The maximum atomic E-state index is 13.7. The van der Waals surface area contributed by atoms with E-state index in [1.165, 1.54) is 17.0 Å². The van der Waals surface area contributed by atoms with Crippen LogP contribution in [0, 0.1) is 5.82 Å². The standard InChI is InChI=1S/C20H22FN3O3/c21-13-6-5-7-14(12-13)24-16-9-2-1-8-15(16)18(22-24)19(25)23-11-4-3-10-17(23)20(26)27/h5-7,12,17H,1-4,8-11H2,(H,26,27). The van der Waals surface area contributed by atoms with E-state index in [1.54, 1.807) is 16.8 Å². The molecule has 2 aliphatic rings. The maximum Gasteiger partial charge on any atom is 0.326 e. The number of aromatic nitrogens is 2. The molecule has 1 amide bonds. The molecule has 0 bridgehead atoms. The van der Waals surface area contributed by atoms with Gasteiger partial charge >= 0.3 is 5.97 Å². The van der Waals surface area contributed by atoms with Gasteiger partial charge in [0.15, 0.2) is 5.69 Å². The summed E-state index contributed by atoms with van der Waals surface area (Å²) >= 11 is 0. The summed E-state index contributed by atoms with van der Waals surface area (Å²) in [6.07, 6.45) is 5.52. The van der Waals surface area contributed by atoms with Crippen molar-refractivity contribution in [3.8, 4) is 5.69 Å². The van der Waals surface area contributed by atoms with Crippen LogP contribution < -0.4 is 0 Å². The second kappa shape index (κ2) is 7.13. The van der Waals surface area contributed by atoms with E-state index in [2.05, 4.69) is 5.10 Å². The van der Waals surface area contributed by atoms with Crippen molar-refractivity contribution in [2.45, 2.75) is 51.0 Å². The molecule has 0 saturated carbocycles. The van der Waals surface area contributed by atoms with Crippen LogP contribution in [0.1, 0.15) is 53.8 Å². The van der Waals surface area contributed by atoms with Crippen LogP contribution in [0.4, 0.5) is 4.39 Å². The van der Waals surface area contributed by atoms with Crippen LogP contribution in [0.5, 0.6) is 0 Å². The number of fused-ring (bicyclic) bond motifs is 1. The topological polar surface area (TPSA) is 75.4 Å². The normalized spacial score (nSPS) is 19.6. The van der Waals surface area contributed by atoms with E-state index >= 15 is 0 Å². The highest BCUT2D eigenvalue weighted by Gasteiger charge is 2.36. The Labute approximate surface area is 156 Å². The molecule has 1 N–H and O–H groups in total. The number of halogens is 1. The molecule has 7 heteroatoms. The number of aliphatic carboxylic acids is 1. The lowest BCUT2D eigenvalue weighted by atomic mass is 9.94. The summed E-state index contributed by atoms with van der Waals surface area (Å²) in [5.41, 5.74) is 2.71. The smallest absolute Gasteiger partial charge is 0.326 e. The number of carboxylic acid groups (broad SMARTS) is 1. The molecule has 2 heterocycles. The Bertz CT molecular complexity index is 893. The zero-order valence-electron chi connectivity index (χ0n) is 15.0. The number of hydrogen-bond acceptors (Lipinski definition) is 3. The molecule has 1 aromatic heterocycles. The molecule has 1 aromatic carbocycles. The van der Waals surface area contributed by atoms with Gasteiger partial charge in [-0.3, -0.25) is 4.79 Å². The molecule has 1 aliphatic carbocycles. The number of likely N-dealkylation sites (tertiary alicyclic amines) is 1. The summed E-state index contributed by atoms with van der Waals surface area (Å²) in [7, 11) is 0. The van der Waals surface area contributed by atoms with Crippen molar-refractivity contribution in [1.29, 1.82) is 0 Å². The van der Waals surface area contributed by atoms with Gasteiger partial charge in [0.25, 0.3) is 5.91 Å². The SMILES string of the molecule is O=C(O)C1CCCCN1C(=O)c1nn(-c2cccc(F)c2)c2c1CCCC2. The fourth-order valence-electron chi connectivity index (χ4n) is 4.16. The first-order valence-electron chi connectivity index (χ1n) is 9.47. The lowest BCUT2D eigenvalue weighted by molar-refractivity contribution is -0.143. The molecule has 1 atom stereocenters. The van der Waals surface area contributed by atoms with Gasteiger partial charge in [0.05, 0.1) is 5.69 Å². The van der Waals surface area contributed by atoms with Gasteiger partial charge in [-0.15, -0.1) is 0 Å². The predicted octanol–water partition coefficient (Wildman–Crippen LogP) is 2.97.